The fraction of sp³-hybridized carbons (Fsp3) is 0.0870. The number of benzene rings is 3. The Labute approximate surface area is 212 Å². The lowest BCUT2D eigenvalue weighted by molar-refractivity contribution is -0.139. The molecule has 1 aromatic heterocycles. The smallest absolute Gasteiger partial charge is 0.416 e. The standard InChI is InChI=1S/C23H15Cl2F3N2O5S/c24-16-7-11(20(29)22(31)32)8-17(25)21(16)35-13-3-6-18-15(9-13)19(10-30-18)36(33,34)14-4-1-12(2-5-14)23(26,27)28/h1-10,20,30H,29H2,(H,31,32)/t20-/m0/s1. The first-order valence-corrected chi connectivity index (χ1v) is 12.2. The van der Waals surface area contributed by atoms with Crippen LogP contribution < -0.4 is 10.5 Å². The van der Waals surface area contributed by atoms with Gasteiger partial charge in [0.25, 0.3) is 0 Å². The van der Waals surface area contributed by atoms with Crippen LogP contribution in [0.15, 0.2) is 70.6 Å². The molecule has 0 bridgehead atoms. The van der Waals surface area contributed by atoms with Crippen molar-refractivity contribution >= 4 is 49.9 Å². The largest absolute Gasteiger partial charge is 0.480 e. The molecule has 3 aromatic carbocycles. The molecule has 188 valence electrons. The Kier molecular flexibility index (Phi) is 6.69. The molecule has 0 aliphatic heterocycles. The van der Waals surface area contributed by atoms with E-state index in [1.54, 1.807) is 0 Å². The zero-order valence-electron chi connectivity index (χ0n) is 17.8. The maximum Gasteiger partial charge on any atom is 0.416 e. The van der Waals surface area contributed by atoms with E-state index >= 15 is 0 Å². The number of aliphatic carboxylic acids is 1. The third-order valence-electron chi connectivity index (χ3n) is 5.26. The molecule has 0 amide bonds. The van der Waals surface area contributed by atoms with Gasteiger partial charge >= 0.3 is 12.1 Å². The number of ether oxygens (including phenoxy) is 1. The topological polar surface area (TPSA) is 122 Å². The second-order valence-electron chi connectivity index (χ2n) is 7.62. The van der Waals surface area contributed by atoms with Crippen LogP contribution in [0.4, 0.5) is 13.2 Å². The van der Waals surface area contributed by atoms with E-state index in [1.807, 2.05) is 0 Å². The van der Waals surface area contributed by atoms with Crippen molar-refractivity contribution in [2.75, 3.05) is 0 Å². The molecule has 4 rings (SSSR count). The summed E-state index contributed by atoms with van der Waals surface area (Å²) < 4.78 is 70.6. The first-order valence-electron chi connectivity index (χ1n) is 9.97. The summed E-state index contributed by atoms with van der Waals surface area (Å²) in [6.07, 6.45) is -3.38. The van der Waals surface area contributed by atoms with E-state index in [4.69, 9.17) is 38.8 Å². The van der Waals surface area contributed by atoms with Crippen LogP contribution in [0.1, 0.15) is 17.2 Å². The van der Waals surface area contributed by atoms with Gasteiger partial charge in [-0.25, -0.2) is 8.42 Å². The van der Waals surface area contributed by atoms with Crippen molar-refractivity contribution in [3.8, 4) is 11.5 Å². The molecule has 0 radical (unpaired) electrons. The Bertz CT molecular complexity index is 1560. The SMILES string of the molecule is N[C@H](C(=O)O)c1cc(Cl)c(Oc2ccc3[nH]cc(S(=O)(=O)c4ccc(C(F)(F)F)cc4)c3c2)c(Cl)c1. The summed E-state index contributed by atoms with van der Waals surface area (Å²) in [5.74, 6) is -1.15. The lowest BCUT2D eigenvalue weighted by Gasteiger charge is -2.14. The van der Waals surface area contributed by atoms with Crippen LogP contribution in [-0.4, -0.2) is 24.5 Å². The molecule has 0 aliphatic carbocycles. The summed E-state index contributed by atoms with van der Waals surface area (Å²) in [7, 11) is -4.19. The molecule has 0 aliphatic rings. The highest BCUT2D eigenvalue weighted by Gasteiger charge is 2.31. The zero-order chi connectivity index (χ0) is 26.4. The van der Waals surface area contributed by atoms with E-state index in [0.29, 0.717) is 17.6 Å². The summed E-state index contributed by atoms with van der Waals surface area (Å²) in [5, 5.41) is 9.24. The van der Waals surface area contributed by atoms with Gasteiger partial charge in [-0.3, -0.25) is 4.79 Å². The molecule has 1 heterocycles. The molecular weight excluding hydrogens is 544 g/mol. The molecule has 1 atom stereocenters. The van der Waals surface area contributed by atoms with Crippen molar-refractivity contribution in [2.24, 2.45) is 5.73 Å². The highest BCUT2D eigenvalue weighted by Crippen LogP contribution is 2.40. The van der Waals surface area contributed by atoms with Gasteiger partial charge in [-0.05, 0) is 60.2 Å². The molecule has 4 N–H and O–H groups in total. The number of H-pyrrole nitrogens is 1. The van der Waals surface area contributed by atoms with Crippen molar-refractivity contribution in [1.82, 2.24) is 4.98 Å². The number of hydrogen-bond acceptors (Lipinski definition) is 5. The minimum atomic E-state index is -4.60. The van der Waals surface area contributed by atoms with E-state index in [1.165, 1.54) is 36.5 Å². The molecular formula is C23H15Cl2F3N2O5S. The minimum Gasteiger partial charge on any atom is -0.480 e. The van der Waals surface area contributed by atoms with Gasteiger partial charge in [0, 0.05) is 17.1 Å². The van der Waals surface area contributed by atoms with Crippen LogP contribution >= 0.6 is 23.2 Å². The van der Waals surface area contributed by atoms with Gasteiger partial charge in [-0.2, -0.15) is 13.2 Å². The average Bonchev–Trinajstić information content (AvgIpc) is 3.24. The first-order chi connectivity index (χ1) is 16.8. The number of sulfone groups is 1. The number of nitrogens with one attached hydrogen (secondary N) is 1. The van der Waals surface area contributed by atoms with E-state index in [2.05, 4.69) is 4.98 Å². The van der Waals surface area contributed by atoms with Gasteiger partial charge in [-0.1, -0.05) is 23.2 Å². The molecule has 13 heteroatoms. The number of aromatic amines is 1. The normalized spacial score (nSPS) is 13.1. The van der Waals surface area contributed by atoms with Gasteiger partial charge in [0.05, 0.1) is 25.4 Å². The summed E-state index contributed by atoms with van der Waals surface area (Å²) in [4.78, 5) is 13.4. The quantitative estimate of drug-likeness (QED) is 0.259. The fourth-order valence-corrected chi connectivity index (χ4v) is 5.43. The van der Waals surface area contributed by atoms with Crippen LogP contribution in [0.25, 0.3) is 10.9 Å². The number of fused-ring (bicyclic) bond motifs is 1. The number of halogens is 5. The van der Waals surface area contributed by atoms with Crippen LogP contribution in [0.3, 0.4) is 0 Å². The zero-order valence-corrected chi connectivity index (χ0v) is 20.1. The minimum absolute atomic E-state index is 0.0123. The van der Waals surface area contributed by atoms with Gasteiger partial charge < -0.3 is 20.6 Å². The predicted molar refractivity (Wildman–Crippen MR) is 126 cm³/mol. The monoisotopic (exact) mass is 558 g/mol. The van der Waals surface area contributed by atoms with Crippen molar-refractivity contribution in [3.05, 3.63) is 82.0 Å². The Morgan fingerprint density at radius 3 is 2.19 bits per heavy atom. The van der Waals surface area contributed by atoms with E-state index in [-0.39, 0.29) is 42.3 Å². The van der Waals surface area contributed by atoms with Crippen LogP contribution in [0.2, 0.25) is 10.0 Å². The number of carboxylic acids is 1. The molecule has 7 nitrogen and oxygen atoms in total. The second kappa shape index (κ2) is 9.32. The molecule has 0 spiro atoms. The van der Waals surface area contributed by atoms with Gasteiger partial charge in [0.2, 0.25) is 9.84 Å². The van der Waals surface area contributed by atoms with Crippen molar-refractivity contribution in [1.29, 1.82) is 0 Å². The third kappa shape index (κ3) is 4.87. The summed E-state index contributed by atoms with van der Waals surface area (Å²) in [5.41, 5.74) is 5.19. The number of rotatable bonds is 6. The van der Waals surface area contributed by atoms with Crippen LogP contribution in [0, 0.1) is 0 Å². The number of hydrogen-bond donors (Lipinski definition) is 3. The highest BCUT2D eigenvalue weighted by atomic mass is 35.5. The Morgan fingerprint density at radius 2 is 1.64 bits per heavy atom. The summed E-state index contributed by atoms with van der Waals surface area (Å²) in [6, 6.07) is 8.83. The Hall–Kier alpha value is -3.25. The molecule has 4 aromatic rings. The number of aromatic nitrogens is 1. The van der Waals surface area contributed by atoms with Crippen LogP contribution in [-0.2, 0) is 20.8 Å². The van der Waals surface area contributed by atoms with Gasteiger partial charge in [-0.15, -0.1) is 0 Å². The number of alkyl halides is 3. The van der Waals surface area contributed by atoms with Gasteiger partial charge in [0.15, 0.2) is 5.75 Å². The second-order valence-corrected chi connectivity index (χ2v) is 10.4. The highest BCUT2D eigenvalue weighted by molar-refractivity contribution is 7.91. The number of carbonyl (C=O) groups is 1. The van der Waals surface area contributed by atoms with E-state index in [0.717, 1.165) is 12.1 Å². The number of carboxylic acid groups (broad SMARTS) is 1. The van der Waals surface area contributed by atoms with Crippen molar-refractivity contribution in [2.45, 2.75) is 22.0 Å². The maximum absolute atomic E-state index is 13.2. The third-order valence-corrected chi connectivity index (χ3v) is 7.63. The maximum atomic E-state index is 13.2. The van der Waals surface area contributed by atoms with E-state index < -0.39 is 33.6 Å². The van der Waals surface area contributed by atoms with E-state index in [9.17, 15) is 26.4 Å². The number of nitrogens with two attached hydrogens (primary N) is 1. The Morgan fingerprint density at radius 1 is 1.03 bits per heavy atom. The molecule has 0 saturated carbocycles. The lowest BCUT2D eigenvalue weighted by Crippen LogP contribution is -2.20. The summed E-state index contributed by atoms with van der Waals surface area (Å²) in [6.45, 7) is 0. The van der Waals surface area contributed by atoms with Crippen molar-refractivity contribution in [3.63, 3.8) is 0 Å². The van der Waals surface area contributed by atoms with Gasteiger partial charge in [0.1, 0.15) is 11.8 Å². The molecule has 0 fully saturated rings. The predicted octanol–water partition coefficient (Wildman–Crippen LogP) is 6.20. The lowest BCUT2D eigenvalue weighted by atomic mass is 10.1. The van der Waals surface area contributed by atoms with Crippen LogP contribution in [0.5, 0.6) is 11.5 Å². The fourth-order valence-electron chi connectivity index (χ4n) is 3.43. The summed E-state index contributed by atoms with van der Waals surface area (Å²) >= 11 is 12.4. The molecule has 36 heavy (non-hydrogen) atoms. The van der Waals surface area contributed by atoms with Crippen molar-refractivity contribution < 1.29 is 36.2 Å². The first kappa shape index (κ1) is 25.8. The molecule has 0 unspecified atom stereocenters. The molecule has 0 saturated heterocycles. The Balaban J connectivity index is 1.70. The average molecular weight is 559 g/mol.